The largest absolute Gasteiger partial charge is 0.378 e. The van der Waals surface area contributed by atoms with Crippen LogP contribution in [0.15, 0.2) is 54.6 Å². The van der Waals surface area contributed by atoms with Crippen LogP contribution in [0.3, 0.4) is 0 Å². The van der Waals surface area contributed by atoms with Crippen LogP contribution >= 0.6 is 0 Å². The van der Waals surface area contributed by atoms with Gasteiger partial charge < -0.3 is 19.5 Å². The van der Waals surface area contributed by atoms with Crippen molar-refractivity contribution in [3.8, 4) is 11.4 Å². The van der Waals surface area contributed by atoms with E-state index in [-0.39, 0.29) is 11.8 Å². The molecule has 1 saturated heterocycles. The minimum absolute atomic E-state index is 0.0187. The summed E-state index contributed by atoms with van der Waals surface area (Å²) >= 11 is 0. The average molecular weight is 418 g/mol. The third-order valence-corrected chi connectivity index (χ3v) is 6.09. The van der Waals surface area contributed by atoms with Crippen molar-refractivity contribution in [2.45, 2.75) is 31.8 Å². The second-order valence-electron chi connectivity index (χ2n) is 8.08. The van der Waals surface area contributed by atoms with Crippen molar-refractivity contribution in [2.75, 3.05) is 31.2 Å². The number of rotatable bonds is 5. The number of ether oxygens (including phenoxy) is 1. The third-order valence-electron chi connectivity index (χ3n) is 6.09. The molecule has 2 aromatic carbocycles. The van der Waals surface area contributed by atoms with Crippen LogP contribution in [-0.4, -0.2) is 47.0 Å². The highest BCUT2D eigenvalue weighted by Gasteiger charge is 2.30. The lowest BCUT2D eigenvalue weighted by Gasteiger charge is -2.29. The zero-order chi connectivity index (χ0) is 21.0. The fourth-order valence-electron chi connectivity index (χ4n) is 4.38. The molecule has 7 nitrogen and oxygen atoms in total. The Morgan fingerprint density at radius 3 is 2.55 bits per heavy atom. The standard InChI is InChI=1S/C24H27N5O2/c30-24(25-17-18-8-10-20(11-9-18)28-13-15-31-16-14-28)21-7-4-12-29-22(26-27-23(21)29)19-5-2-1-3-6-19/h1-3,5-6,8-11,21H,4,7,12-17H2,(H,25,30). The SMILES string of the molecule is O=C(NCc1ccc(N2CCOCC2)cc1)C1CCCn2c(-c3ccccc3)nnc21. The molecule has 0 aliphatic carbocycles. The quantitative estimate of drug-likeness (QED) is 0.691. The number of nitrogens with zero attached hydrogens (tertiary/aromatic N) is 4. The summed E-state index contributed by atoms with van der Waals surface area (Å²) in [7, 11) is 0. The zero-order valence-electron chi connectivity index (χ0n) is 17.5. The van der Waals surface area contributed by atoms with Gasteiger partial charge in [0.25, 0.3) is 0 Å². The lowest BCUT2D eigenvalue weighted by molar-refractivity contribution is -0.123. The van der Waals surface area contributed by atoms with Gasteiger partial charge in [-0.05, 0) is 30.5 Å². The highest BCUT2D eigenvalue weighted by molar-refractivity contribution is 5.83. The summed E-state index contributed by atoms with van der Waals surface area (Å²) in [6.07, 6.45) is 1.74. The van der Waals surface area contributed by atoms with Gasteiger partial charge in [0.05, 0.1) is 19.1 Å². The van der Waals surface area contributed by atoms with E-state index < -0.39 is 0 Å². The number of carbonyl (C=O) groups excluding carboxylic acids is 1. The molecule has 0 bridgehead atoms. The van der Waals surface area contributed by atoms with Crippen molar-refractivity contribution in [1.29, 1.82) is 0 Å². The van der Waals surface area contributed by atoms with E-state index in [9.17, 15) is 4.79 Å². The molecule has 3 heterocycles. The predicted octanol–water partition coefficient (Wildman–Crippen LogP) is 2.98. The van der Waals surface area contributed by atoms with Gasteiger partial charge in [0.15, 0.2) is 5.82 Å². The molecule has 31 heavy (non-hydrogen) atoms. The number of hydrogen-bond acceptors (Lipinski definition) is 5. The Labute approximate surface area is 182 Å². The Bertz CT molecular complexity index is 1030. The number of benzene rings is 2. The molecule has 1 unspecified atom stereocenters. The predicted molar refractivity (Wildman–Crippen MR) is 119 cm³/mol. The van der Waals surface area contributed by atoms with Crippen LogP contribution < -0.4 is 10.2 Å². The second-order valence-corrected chi connectivity index (χ2v) is 8.08. The molecule has 0 spiro atoms. The van der Waals surface area contributed by atoms with Crippen molar-refractivity contribution in [3.05, 3.63) is 66.0 Å². The molecule has 0 radical (unpaired) electrons. The zero-order valence-corrected chi connectivity index (χ0v) is 17.5. The Kier molecular flexibility index (Phi) is 5.67. The summed E-state index contributed by atoms with van der Waals surface area (Å²) in [5, 5.41) is 11.9. The van der Waals surface area contributed by atoms with E-state index in [0.29, 0.717) is 6.54 Å². The summed E-state index contributed by atoms with van der Waals surface area (Å²) in [6.45, 7) is 4.75. The maximum Gasteiger partial charge on any atom is 0.231 e. The fraction of sp³-hybridized carbons (Fsp3) is 0.375. The molecule has 7 heteroatoms. The van der Waals surface area contributed by atoms with Crippen LogP contribution in [0, 0.1) is 0 Å². The summed E-state index contributed by atoms with van der Waals surface area (Å²) < 4.78 is 7.52. The molecule has 2 aliphatic heterocycles. The van der Waals surface area contributed by atoms with Crippen molar-refractivity contribution in [1.82, 2.24) is 20.1 Å². The molecule has 1 fully saturated rings. The van der Waals surface area contributed by atoms with Crippen LogP contribution in [0.5, 0.6) is 0 Å². The van der Waals surface area contributed by atoms with E-state index in [1.807, 2.05) is 30.3 Å². The van der Waals surface area contributed by atoms with Gasteiger partial charge in [-0.2, -0.15) is 0 Å². The molecule has 160 valence electrons. The van der Waals surface area contributed by atoms with Crippen molar-refractivity contribution in [2.24, 2.45) is 0 Å². The summed E-state index contributed by atoms with van der Waals surface area (Å²) in [5.41, 5.74) is 3.32. The van der Waals surface area contributed by atoms with Gasteiger partial charge in [-0.3, -0.25) is 4.79 Å². The first-order valence-electron chi connectivity index (χ1n) is 11.0. The highest BCUT2D eigenvalue weighted by Crippen LogP contribution is 2.30. The number of anilines is 1. The Morgan fingerprint density at radius 1 is 1.00 bits per heavy atom. The minimum atomic E-state index is -0.258. The first-order valence-corrected chi connectivity index (χ1v) is 11.0. The fourth-order valence-corrected chi connectivity index (χ4v) is 4.38. The Hall–Kier alpha value is -3.19. The molecular formula is C24H27N5O2. The molecule has 2 aliphatic rings. The molecule has 1 atom stereocenters. The second kappa shape index (κ2) is 8.89. The van der Waals surface area contributed by atoms with E-state index >= 15 is 0 Å². The van der Waals surface area contributed by atoms with Gasteiger partial charge in [-0.25, -0.2) is 0 Å². The van der Waals surface area contributed by atoms with Gasteiger partial charge in [0.2, 0.25) is 5.91 Å². The van der Waals surface area contributed by atoms with E-state index in [0.717, 1.165) is 68.5 Å². The van der Waals surface area contributed by atoms with Crippen LogP contribution in [0.2, 0.25) is 0 Å². The number of hydrogen-bond donors (Lipinski definition) is 1. The first kappa shape index (κ1) is 19.8. The van der Waals surface area contributed by atoms with Gasteiger partial charge in [-0.1, -0.05) is 42.5 Å². The Morgan fingerprint density at radius 2 is 1.77 bits per heavy atom. The van der Waals surface area contributed by atoms with E-state index in [1.165, 1.54) is 5.69 Å². The van der Waals surface area contributed by atoms with Crippen LogP contribution in [0.1, 0.15) is 30.1 Å². The maximum absolute atomic E-state index is 13.0. The summed E-state index contributed by atoms with van der Waals surface area (Å²) in [6, 6.07) is 18.4. The van der Waals surface area contributed by atoms with Crippen LogP contribution in [-0.2, 0) is 22.6 Å². The molecule has 1 N–H and O–H groups in total. The molecule has 5 rings (SSSR count). The number of fused-ring (bicyclic) bond motifs is 1. The maximum atomic E-state index is 13.0. The average Bonchev–Trinajstić information content (AvgIpc) is 3.28. The lowest BCUT2D eigenvalue weighted by atomic mass is 9.97. The summed E-state index contributed by atoms with van der Waals surface area (Å²) in [5.74, 6) is 1.37. The van der Waals surface area contributed by atoms with Crippen molar-refractivity contribution in [3.63, 3.8) is 0 Å². The van der Waals surface area contributed by atoms with E-state index in [4.69, 9.17) is 4.74 Å². The molecule has 3 aromatic rings. The van der Waals surface area contributed by atoms with Gasteiger partial charge in [-0.15, -0.1) is 10.2 Å². The van der Waals surface area contributed by atoms with E-state index in [2.05, 4.69) is 49.2 Å². The molecule has 1 aromatic heterocycles. The molecular weight excluding hydrogens is 390 g/mol. The molecule has 0 saturated carbocycles. The number of amides is 1. The monoisotopic (exact) mass is 417 g/mol. The van der Waals surface area contributed by atoms with Crippen LogP contribution in [0.4, 0.5) is 5.69 Å². The normalized spacial score (nSPS) is 18.5. The van der Waals surface area contributed by atoms with Gasteiger partial charge in [0.1, 0.15) is 5.82 Å². The topological polar surface area (TPSA) is 72.3 Å². The lowest BCUT2D eigenvalue weighted by Crippen LogP contribution is -2.36. The first-order chi connectivity index (χ1) is 15.3. The Balaban J connectivity index is 1.24. The summed E-state index contributed by atoms with van der Waals surface area (Å²) in [4.78, 5) is 15.3. The number of nitrogens with one attached hydrogen (secondary N) is 1. The van der Waals surface area contributed by atoms with Crippen molar-refractivity contribution >= 4 is 11.6 Å². The highest BCUT2D eigenvalue weighted by atomic mass is 16.5. The van der Waals surface area contributed by atoms with Crippen molar-refractivity contribution < 1.29 is 9.53 Å². The third kappa shape index (κ3) is 4.18. The smallest absolute Gasteiger partial charge is 0.231 e. The number of aromatic nitrogens is 3. The van der Waals surface area contributed by atoms with Gasteiger partial charge in [0, 0.05) is 37.4 Å². The molecule has 1 amide bonds. The number of morpholine rings is 1. The number of carbonyl (C=O) groups is 1. The van der Waals surface area contributed by atoms with Gasteiger partial charge >= 0.3 is 0 Å². The minimum Gasteiger partial charge on any atom is -0.378 e. The van der Waals surface area contributed by atoms with E-state index in [1.54, 1.807) is 0 Å². The van der Waals surface area contributed by atoms with Crippen LogP contribution in [0.25, 0.3) is 11.4 Å².